The van der Waals surface area contributed by atoms with Crippen LogP contribution in [0.4, 0.5) is 15.8 Å². The second-order valence-corrected chi connectivity index (χ2v) is 5.33. The van der Waals surface area contributed by atoms with Crippen LogP contribution in [-0.2, 0) is 4.79 Å². The molecule has 0 unspecified atom stereocenters. The summed E-state index contributed by atoms with van der Waals surface area (Å²) in [6.07, 6.45) is 0. The molecule has 0 atom stereocenters. The van der Waals surface area contributed by atoms with Gasteiger partial charge in [-0.15, -0.1) is 0 Å². The molecule has 0 bridgehead atoms. The maximum absolute atomic E-state index is 13.3. The van der Waals surface area contributed by atoms with Crippen molar-refractivity contribution in [2.75, 3.05) is 23.4 Å². The van der Waals surface area contributed by atoms with Crippen LogP contribution in [0.3, 0.4) is 0 Å². The van der Waals surface area contributed by atoms with Gasteiger partial charge in [0.1, 0.15) is 23.9 Å². The van der Waals surface area contributed by atoms with E-state index in [1.54, 1.807) is 24.7 Å². The molecule has 24 heavy (non-hydrogen) atoms. The molecule has 121 valence electrons. The first-order valence-electron chi connectivity index (χ1n) is 7.28. The van der Waals surface area contributed by atoms with Crippen LogP contribution in [0.25, 0.3) is 0 Å². The fourth-order valence-electron chi connectivity index (χ4n) is 2.65. The van der Waals surface area contributed by atoms with Gasteiger partial charge in [-0.25, -0.2) is 4.39 Å². The van der Waals surface area contributed by atoms with E-state index in [-0.39, 0.29) is 25.0 Å². The molecule has 7 heteroatoms. The zero-order valence-corrected chi connectivity index (χ0v) is 12.4. The lowest BCUT2D eigenvalue weighted by molar-refractivity contribution is -0.118. The Hall–Kier alpha value is -3.09. The summed E-state index contributed by atoms with van der Waals surface area (Å²) in [4.78, 5) is 25.6. The van der Waals surface area contributed by atoms with Crippen molar-refractivity contribution < 1.29 is 23.5 Å². The molecular formula is C17H12FN2O4. The average Bonchev–Trinajstić information content (AvgIpc) is 2.59. The Morgan fingerprint density at radius 1 is 1.12 bits per heavy atom. The fraction of sp³-hybridized carbons (Fsp3) is 0.118. The SMILES string of the molecule is O=C1COc2ccc(C(=O)N3[CH]COc4cc(F)ccc43)cc2N1. The number of halogens is 1. The molecule has 0 fully saturated rings. The maximum Gasteiger partial charge on any atom is 0.262 e. The molecule has 2 amide bonds. The summed E-state index contributed by atoms with van der Waals surface area (Å²) in [5, 5.41) is 2.67. The number of fused-ring (bicyclic) bond motifs is 2. The Bertz CT molecular complexity index is 852. The van der Waals surface area contributed by atoms with Crippen molar-refractivity contribution in [1.29, 1.82) is 0 Å². The number of ether oxygens (including phenoxy) is 2. The van der Waals surface area contributed by atoms with E-state index in [0.717, 1.165) is 0 Å². The topological polar surface area (TPSA) is 67.9 Å². The number of hydrogen-bond acceptors (Lipinski definition) is 4. The number of rotatable bonds is 1. The first kappa shape index (κ1) is 14.5. The molecule has 0 aliphatic carbocycles. The molecule has 0 saturated carbocycles. The molecule has 6 nitrogen and oxygen atoms in total. The Morgan fingerprint density at radius 3 is 2.88 bits per heavy atom. The van der Waals surface area contributed by atoms with Crippen LogP contribution in [0.1, 0.15) is 10.4 Å². The fourth-order valence-corrected chi connectivity index (χ4v) is 2.65. The minimum Gasteiger partial charge on any atom is -0.489 e. The zero-order chi connectivity index (χ0) is 16.7. The summed E-state index contributed by atoms with van der Waals surface area (Å²) in [5.41, 5.74) is 1.28. The number of nitrogens with zero attached hydrogens (tertiary/aromatic N) is 1. The van der Waals surface area contributed by atoms with E-state index in [2.05, 4.69) is 5.32 Å². The van der Waals surface area contributed by atoms with Crippen molar-refractivity contribution in [2.24, 2.45) is 0 Å². The van der Waals surface area contributed by atoms with Crippen molar-refractivity contribution in [3.63, 3.8) is 0 Å². The van der Waals surface area contributed by atoms with E-state index in [1.807, 2.05) is 0 Å². The maximum atomic E-state index is 13.3. The predicted octanol–water partition coefficient (Wildman–Crippen LogP) is 2.36. The highest BCUT2D eigenvalue weighted by molar-refractivity contribution is 6.09. The van der Waals surface area contributed by atoms with Gasteiger partial charge in [0.2, 0.25) is 0 Å². The summed E-state index contributed by atoms with van der Waals surface area (Å²) in [6, 6.07) is 8.80. The van der Waals surface area contributed by atoms with Crippen LogP contribution >= 0.6 is 0 Å². The monoisotopic (exact) mass is 327 g/mol. The summed E-state index contributed by atoms with van der Waals surface area (Å²) in [7, 11) is 0. The van der Waals surface area contributed by atoms with Gasteiger partial charge in [-0.3, -0.25) is 14.5 Å². The van der Waals surface area contributed by atoms with Gasteiger partial charge in [0, 0.05) is 11.6 Å². The third-order valence-electron chi connectivity index (χ3n) is 3.76. The van der Waals surface area contributed by atoms with Crippen molar-refractivity contribution in [3.8, 4) is 11.5 Å². The Morgan fingerprint density at radius 2 is 2.00 bits per heavy atom. The Labute approximate surface area is 136 Å². The number of carbonyl (C=O) groups excluding carboxylic acids is 2. The zero-order valence-electron chi connectivity index (χ0n) is 12.4. The lowest BCUT2D eigenvalue weighted by Crippen LogP contribution is -2.34. The molecule has 0 aromatic heterocycles. The van der Waals surface area contributed by atoms with E-state index >= 15 is 0 Å². The third kappa shape index (κ3) is 2.44. The molecule has 1 N–H and O–H groups in total. The lowest BCUT2D eigenvalue weighted by atomic mass is 10.1. The van der Waals surface area contributed by atoms with Crippen molar-refractivity contribution in [3.05, 3.63) is 54.3 Å². The van der Waals surface area contributed by atoms with Crippen molar-refractivity contribution in [1.82, 2.24) is 0 Å². The number of benzene rings is 2. The lowest BCUT2D eigenvalue weighted by Gasteiger charge is -2.29. The largest absolute Gasteiger partial charge is 0.489 e. The van der Waals surface area contributed by atoms with Gasteiger partial charge < -0.3 is 14.8 Å². The molecule has 2 aromatic rings. The van der Waals surface area contributed by atoms with Gasteiger partial charge in [0.05, 0.1) is 17.9 Å². The Kier molecular flexibility index (Phi) is 3.34. The molecule has 4 rings (SSSR count). The summed E-state index contributed by atoms with van der Waals surface area (Å²) in [5.74, 6) is -0.198. The second-order valence-electron chi connectivity index (χ2n) is 5.33. The number of carbonyl (C=O) groups is 2. The highest BCUT2D eigenvalue weighted by Gasteiger charge is 2.27. The molecule has 1 radical (unpaired) electrons. The van der Waals surface area contributed by atoms with E-state index < -0.39 is 5.82 Å². The van der Waals surface area contributed by atoms with Gasteiger partial charge in [-0.1, -0.05) is 0 Å². The predicted molar refractivity (Wildman–Crippen MR) is 83.6 cm³/mol. The molecule has 0 spiro atoms. The average molecular weight is 327 g/mol. The molecule has 2 aromatic carbocycles. The minimum atomic E-state index is -0.434. The number of anilines is 2. The van der Waals surface area contributed by atoms with Crippen molar-refractivity contribution in [2.45, 2.75) is 0 Å². The van der Waals surface area contributed by atoms with Gasteiger partial charge in [-0.2, -0.15) is 0 Å². The standard InChI is InChI=1S/C17H12FN2O4/c18-11-2-3-13-15(8-11)23-6-5-20(13)17(22)10-1-4-14-12(7-10)19-16(21)9-24-14/h1-5,7-8H,6,9H2,(H,19,21). The van der Waals surface area contributed by atoms with E-state index in [1.165, 1.54) is 23.1 Å². The smallest absolute Gasteiger partial charge is 0.262 e. The second kappa shape index (κ2) is 5.52. The van der Waals surface area contributed by atoms with Crippen LogP contribution < -0.4 is 19.7 Å². The van der Waals surface area contributed by atoms with E-state index in [4.69, 9.17) is 9.47 Å². The quantitative estimate of drug-likeness (QED) is 0.873. The van der Waals surface area contributed by atoms with Crippen LogP contribution in [0.2, 0.25) is 0 Å². The number of amides is 2. The van der Waals surface area contributed by atoms with E-state index in [0.29, 0.717) is 28.4 Å². The number of hydrogen-bond donors (Lipinski definition) is 1. The first-order valence-corrected chi connectivity index (χ1v) is 7.28. The van der Waals surface area contributed by atoms with Gasteiger partial charge in [0.15, 0.2) is 6.61 Å². The van der Waals surface area contributed by atoms with Crippen molar-refractivity contribution >= 4 is 23.2 Å². The van der Waals surface area contributed by atoms with Crippen LogP contribution in [-0.4, -0.2) is 25.0 Å². The molecular weight excluding hydrogens is 315 g/mol. The molecule has 2 heterocycles. The normalized spacial score (nSPS) is 15.5. The molecule has 0 saturated heterocycles. The highest BCUT2D eigenvalue weighted by Crippen LogP contribution is 2.35. The first-order chi connectivity index (χ1) is 11.6. The van der Waals surface area contributed by atoms with Gasteiger partial charge in [-0.05, 0) is 30.3 Å². The number of nitrogens with one attached hydrogen (secondary N) is 1. The summed E-state index contributed by atoms with van der Waals surface area (Å²) in [6.45, 7) is 1.69. The van der Waals surface area contributed by atoms with E-state index in [9.17, 15) is 14.0 Å². The summed E-state index contributed by atoms with van der Waals surface area (Å²) < 4.78 is 24.0. The van der Waals surface area contributed by atoms with Crippen LogP contribution in [0.15, 0.2) is 36.4 Å². The highest BCUT2D eigenvalue weighted by atomic mass is 19.1. The molecule has 2 aliphatic heterocycles. The Balaban J connectivity index is 1.68. The minimum absolute atomic E-state index is 0.0452. The van der Waals surface area contributed by atoms with Crippen LogP contribution in [0, 0.1) is 12.4 Å². The van der Waals surface area contributed by atoms with Crippen LogP contribution in [0.5, 0.6) is 11.5 Å². The summed E-state index contributed by atoms with van der Waals surface area (Å²) >= 11 is 0. The van der Waals surface area contributed by atoms with Gasteiger partial charge >= 0.3 is 0 Å². The third-order valence-corrected chi connectivity index (χ3v) is 3.76. The molecule has 2 aliphatic rings. The van der Waals surface area contributed by atoms with Gasteiger partial charge in [0.25, 0.3) is 11.8 Å².